The van der Waals surface area contributed by atoms with Gasteiger partial charge >= 0.3 is 0 Å². The Morgan fingerprint density at radius 1 is 1.42 bits per heavy atom. The van der Waals surface area contributed by atoms with E-state index in [-0.39, 0.29) is 5.91 Å². The SMILES string of the molecule is O=C(Nc1nc(-c2cccs2)ns1)c1ccn(C2CCCNC2)n1. The molecule has 3 aromatic heterocycles. The van der Waals surface area contributed by atoms with Crippen LogP contribution in [-0.4, -0.2) is 38.1 Å². The number of carbonyl (C=O) groups is 1. The van der Waals surface area contributed by atoms with E-state index in [1.807, 2.05) is 28.4 Å². The predicted octanol–water partition coefficient (Wildman–Crippen LogP) is 2.64. The molecule has 0 bridgehead atoms. The summed E-state index contributed by atoms with van der Waals surface area (Å²) in [5.41, 5.74) is 0.397. The highest BCUT2D eigenvalue weighted by molar-refractivity contribution is 7.14. The summed E-state index contributed by atoms with van der Waals surface area (Å²) in [6.45, 7) is 1.94. The van der Waals surface area contributed by atoms with Crippen molar-refractivity contribution in [1.82, 2.24) is 24.5 Å². The molecule has 1 atom stereocenters. The van der Waals surface area contributed by atoms with Crippen LogP contribution in [0.25, 0.3) is 10.7 Å². The van der Waals surface area contributed by atoms with Gasteiger partial charge in [0.2, 0.25) is 5.13 Å². The van der Waals surface area contributed by atoms with Gasteiger partial charge < -0.3 is 5.32 Å². The lowest BCUT2D eigenvalue weighted by Crippen LogP contribution is -2.32. The van der Waals surface area contributed by atoms with Crippen LogP contribution in [-0.2, 0) is 0 Å². The van der Waals surface area contributed by atoms with E-state index in [1.54, 1.807) is 17.4 Å². The summed E-state index contributed by atoms with van der Waals surface area (Å²) in [7, 11) is 0. The smallest absolute Gasteiger partial charge is 0.277 e. The number of rotatable bonds is 4. The highest BCUT2D eigenvalue weighted by atomic mass is 32.1. The first-order valence-corrected chi connectivity index (χ1v) is 9.40. The van der Waals surface area contributed by atoms with Gasteiger partial charge in [0.1, 0.15) is 0 Å². The molecule has 1 aliphatic heterocycles. The quantitative estimate of drug-likeness (QED) is 0.747. The highest BCUT2D eigenvalue weighted by Gasteiger charge is 2.18. The zero-order valence-corrected chi connectivity index (χ0v) is 14.4. The molecule has 1 unspecified atom stereocenters. The van der Waals surface area contributed by atoms with E-state index in [9.17, 15) is 4.79 Å². The number of hydrogen-bond acceptors (Lipinski definition) is 7. The van der Waals surface area contributed by atoms with Crippen LogP contribution < -0.4 is 10.6 Å². The van der Waals surface area contributed by atoms with Crippen LogP contribution in [0.3, 0.4) is 0 Å². The molecular weight excluding hydrogens is 344 g/mol. The van der Waals surface area contributed by atoms with Crippen molar-refractivity contribution in [2.75, 3.05) is 18.4 Å². The van der Waals surface area contributed by atoms with E-state index < -0.39 is 0 Å². The Hall–Kier alpha value is -2.10. The number of anilines is 1. The third kappa shape index (κ3) is 3.23. The molecule has 7 nitrogen and oxygen atoms in total. The van der Waals surface area contributed by atoms with Crippen molar-refractivity contribution < 1.29 is 4.79 Å². The highest BCUT2D eigenvalue weighted by Crippen LogP contribution is 2.25. The van der Waals surface area contributed by atoms with Crippen molar-refractivity contribution in [2.24, 2.45) is 0 Å². The number of thiophene rings is 1. The molecule has 24 heavy (non-hydrogen) atoms. The fraction of sp³-hybridized carbons (Fsp3) is 0.333. The van der Waals surface area contributed by atoms with E-state index >= 15 is 0 Å². The molecule has 124 valence electrons. The Morgan fingerprint density at radius 3 is 3.17 bits per heavy atom. The predicted molar refractivity (Wildman–Crippen MR) is 94.5 cm³/mol. The fourth-order valence-corrected chi connectivity index (χ4v) is 3.96. The minimum absolute atomic E-state index is 0.258. The molecule has 1 saturated heterocycles. The first-order valence-electron chi connectivity index (χ1n) is 7.74. The maximum absolute atomic E-state index is 12.3. The lowest BCUT2D eigenvalue weighted by Gasteiger charge is -2.22. The summed E-state index contributed by atoms with van der Waals surface area (Å²) < 4.78 is 6.15. The van der Waals surface area contributed by atoms with Gasteiger partial charge in [-0.1, -0.05) is 6.07 Å². The van der Waals surface area contributed by atoms with Crippen LogP contribution in [0, 0.1) is 0 Å². The van der Waals surface area contributed by atoms with Crippen molar-refractivity contribution in [1.29, 1.82) is 0 Å². The van der Waals surface area contributed by atoms with Crippen LogP contribution in [0.15, 0.2) is 29.8 Å². The normalized spacial score (nSPS) is 17.8. The topological polar surface area (TPSA) is 84.7 Å². The molecule has 4 rings (SSSR count). The maximum Gasteiger partial charge on any atom is 0.277 e. The summed E-state index contributed by atoms with van der Waals surface area (Å²) in [5, 5.41) is 13.0. The monoisotopic (exact) mass is 360 g/mol. The second-order valence-electron chi connectivity index (χ2n) is 5.54. The van der Waals surface area contributed by atoms with Crippen LogP contribution in [0.5, 0.6) is 0 Å². The summed E-state index contributed by atoms with van der Waals surface area (Å²) in [6.07, 6.45) is 4.07. The van der Waals surface area contributed by atoms with Crippen molar-refractivity contribution in [3.05, 3.63) is 35.5 Å². The summed E-state index contributed by atoms with van der Waals surface area (Å²) in [4.78, 5) is 17.7. The van der Waals surface area contributed by atoms with Crippen LogP contribution in [0.2, 0.25) is 0 Å². The van der Waals surface area contributed by atoms with Gasteiger partial charge in [0.15, 0.2) is 11.5 Å². The van der Waals surface area contributed by atoms with Crippen LogP contribution in [0.1, 0.15) is 29.4 Å². The van der Waals surface area contributed by atoms with Crippen LogP contribution >= 0.6 is 22.9 Å². The number of piperidine rings is 1. The Kier molecular flexibility index (Phi) is 4.37. The molecule has 9 heteroatoms. The zero-order valence-electron chi connectivity index (χ0n) is 12.8. The maximum atomic E-state index is 12.3. The van der Waals surface area contributed by atoms with Crippen molar-refractivity contribution in [3.63, 3.8) is 0 Å². The molecule has 0 aromatic carbocycles. The third-order valence-corrected chi connectivity index (χ3v) is 5.37. The Morgan fingerprint density at radius 2 is 2.38 bits per heavy atom. The molecular formula is C15H16N6OS2. The van der Waals surface area contributed by atoms with E-state index in [4.69, 9.17) is 0 Å². The van der Waals surface area contributed by atoms with Crippen molar-refractivity contribution >= 4 is 33.9 Å². The van der Waals surface area contributed by atoms with Gasteiger partial charge in [0.25, 0.3) is 5.91 Å². The lowest BCUT2D eigenvalue weighted by atomic mass is 10.1. The van der Waals surface area contributed by atoms with Gasteiger partial charge in [-0.05, 0) is 36.9 Å². The molecule has 0 saturated carbocycles. The molecule has 2 N–H and O–H groups in total. The molecule has 0 aliphatic carbocycles. The Balaban J connectivity index is 1.44. The second kappa shape index (κ2) is 6.80. The lowest BCUT2D eigenvalue weighted by molar-refractivity contribution is 0.102. The van der Waals surface area contributed by atoms with E-state index in [2.05, 4.69) is 25.1 Å². The van der Waals surface area contributed by atoms with Crippen molar-refractivity contribution in [2.45, 2.75) is 18.9 Å². The molecule has 1 aliphatic rings. The number of amides is 1. The fourth-order valence-electron chi connectivity index (χ4n) is 2.66. The van der Waals surface area contributed by atoms with E-state index in [0.717, 1.165) is 30.8 Å². The number of hydrogen-bond donors (Lipinski definition) is 2. The van der Waals surface area contributed by atoms with Gasteiger partial charge in [0, 0.05) is 24.3 Å². The molecule has 0 spiro atoms. The summed E-state index contributed by atoms with van der Waals surface area (Å²) in [5.74, 6) is 0.385. The third-order valence-electron chi connectivity index (χ3n) is 3.87. The largest absolute Gasteiger partial charge is 0.315 e. The van der Waals surface area contributed by atoms with Gasteiger partial charge in [0.05, 0.1) is 10.9 Å². The standard InChI is InChI=1S/C15H16N6OS2/c22-14(11-5-7-21(19-11)10-3-1-6-16-9-10)18-15-17-13(20-24-15)12-4-2-8-23-12/h2,4-5,7-8,10,16H,1,3,6,9H2,(H,17,18,20,22). The van der Waals surface area contributed by atoms with Gasteiger partial charge in [-0.25, -0.2) is 0 Å². The van der Waals surface area contributed by atoms with E-state index in [1.165, 1.54) is 11.5 Å². The molecule has 1 amide bonds. The zero-order chi connectivity index (χ0) is 16.4. The first kappa shape index (κ1) is 15.4. The molecule has 4 heterocycles. The van der Waals surface area contributed by atoms with E-state index in [0.29, 0.717) is 22.7 Å². The summed E-state index contributed by atoms with van der Waals surface area (Å²) >= 11 is 2.75. The van der Waals surface area contributed by atoms with Gasteiger partial charge in [-0.2, -0.15) is 14.5 Å². The van der Waals surface area contributed by atoms with Crippen LogP contribution in [0.4, 0.5) is 5.13 Å². The number of nitrogens with zero attached hydrogens (tertiary/aromatic N) is 4. The minimum atomic E-state index is -0.258. The minimum Gasteiger partial charge on any atom is -0.315 e. The van der Waals surface area contributed by atoms with Crippen molar-refractivity contribution in [3.8, 4) is 10.7 Å². The number of carbonyl (C=O) groups excluding carboxylic acids is 1. The Bertz CT molecular complexity index is 819. The number of aromatic nitrogens is 4. The molecule has 0 radical (unpaired) electrons. The van der Waals surface area contributed by atoms with Gasteiger partial charge in [-0.15, -0.1) is 11.3 Å². The average Bonchev–Trinajstić information content (AvgIpc) is 3.36. The molecule has 3 aromatic rings. The average molecular weight is 360 g/mol. The first-order chi connectivity index (χ1) is 11.8. The van der Waals surface area contributed by atoms with Gasteiger partial charge in [-0.3, -0.25) is 14.8 Å². The molecule has 1 fully saturated rings. The Labute approximate surface area is 146 Å². The number of nitrogens with one attached hydrogen (secondary N) is 2. The summed E-state index contributed by atoms with van der Waals surface area (Å²) in [6, 6.07) is 5.96. The second-order valence-corrected chi connectivity index (χ2v) is 7.24.